The van der Waals surface area contributed by atoms with Gasteiger partial charge >= 0.3 is 5.97 Å². The molecule has 8 nitrogen and oxygen atoms in total. The van der Waals surface area contributed by atoms with Crippen LogP contribution in [0.25, 0.3) is 0 Å². The van der Waals surface area contributed by atoms with Gasteiger partial charge in [-0.15, -0.1) is 0 Å². The smallest absolute Gasteiger partial charge is 0.326 e. The van der Waals surface area contributed by atoms with E-state index >= 15 is 0 Å². The van der Waals surface area contributed by atoms with E-state index in [9.17, 15) is 18.0 Å². The molecule has 1 rings (SSSR count). The molecule has 0 fully saturated rings. The fraction of sp³-hybridized carbons (Fsp3) is 0.455. The van der Waals surface area contributed by atoms with Crippen LogP contribution >= 0.6 is 0 Å². The maximum absolute atomic E-state index is 11.8. The van der Waals surface area contributed by atoms with Crippen LogP contribution in [0.5, 0.6) is 0 Å². The third-order valence-corrected chi connectivity index (χ3v) is 3.18. The van der Waals surface area contributed by atoms with Crippen LogP contribution in [0.1, 0.15) is 30.8 Å². The topological polar surface area (TPSA) is 140 Å². The number of amides is 1. The highest BCUT2D eigenvalue weighted by atomic mass is 32.2. The zero-order chi connectivity index (χ0) is 15.5. The van der Waals surface area contributed by atoms with Crippen LogP contribution in [-0.2, 0) is 14.8 Å². The number of furan rings is 1. The lowest BCUT2D eigenvalue weighted by Gasteiger charge is -2.15. The summed E-state index contributed by atoms with van der Waals surface area (Å²) in [5.41, 5.74) is 0. The maximum Gasteiger partial charge on any atom is 0.326 e. The van der Waals surface area contributed by atoms with E-state index in [2.05, 4.69) is 5.32 Å². The Morgan fingerprint density at radius 3 is 2.40 bits per heavy atom. The van der Waals surface area contributed by atoms with Crippen molar-refractivity contribution in [2.75, 3.05) is 0 Å². The molecule has 1 amide bonds. The number of carbonyl (C=O) groups is 2. The highest BCUT2D eigenvalue weighted by Crippen LogP contribution is 2.13. The van der Waals surface area contributed by atoms with Crippen LogP contribution in [0.2, 0.25) is 0 Å². The van der Waals surface area contributed by atoms with E-state index in [0.717, 1.165) is 12.1 Å². The van der Waals surface area contributed by atoms with Gasteiger partial charge in [-0.25, -0.2) is 18.4 Å². The van der Waals surface area contributed by atoms with Crippen LogP contribution < -0.4 is 10.5 Å². The summed E-state index contributed by atoms with van der Waals surface area (Å²) in [5.74, 6) is -2.24. The minimum atomic E-state index is -4.04. The number of carboxylic acid groups (broad SMARTS) is 1. The molecular formula is C11H16N2O6S. The van der Waals surface area contributed by atoms with E-state index in [1.165, 1.54) is 0 Å². The fourth-order valence-corrected chi connectivity index (χ4v) is 1.98. The molecule has 0 aromatic carbocycles. The summed E-state index contributed by atoms with van der Waals surface area (Å²) < 4.78 is 26.8. The lowest BCUT2D eigenvalue weighted by atomic mass is 10.0. The summed E-state index contributed by atoms with van der Waals surface area (Å²) in [6.45, 7) is 3.63. The molecule has 112 valence electrons. The summed E-state index contributed by atoms with van der Waals surface area (Å²) in [6, 6.07) is 1.07. The van der Waals surface area contributed by atoms with Crippen molar-refractivity contribution in [1.29, 1.82) is 0 Å². The fourth-order valence-electron chi connectivity index (χ4n) is 1.52. The minimum absolute atomic E-state index is 0.0629. The van der Waals surface area contributed by atoms with E-state index in [4.69, 9.17) is 14.7 Å². The zero-order valence-corrected chi connectivity index (χ0v) is 11.8. The molecule has 0 aliphatic carbocycles. The SMILES string of the molecule is CC(C)CC(NC(=O)c1ccc(S(N)(=O)=O)o1)C(=O)O. The first-order valence-electron chi connectivity index (χ1n) is 5.77. The molecule has 1 heterocycles. The largest absolute Gasteiger partial charge is 0.480 e. The molecule has 0 aliphatic heterocycles. The monoisotopic (exact) mass is 304 g/mol. The number of primary sulfonamides is 1. The summed E-state index contributed by atoms with van der Waals surface area (Å²) >= 11 is 0. The van der Waals surface area contributed by atoms with Crippen LogP contribution in [-0.4, -0.2) is 31.4 Å². The van der Waals surface area contributed by atoms with Gasteiger partial charge < -0.3 is 14.8 Å². The molecule has 0 saturated heterocycles. The molecular weight excluding hydrogens is 288 g/mol. The predicted octanol–water partition coefficient (Wildman–Crippen LogP) is 0.156. The number of carbonyl (C=O) groups excluding carboxylic acids is 1. The van der Waals surface area contributed by atoms with E-state index in [1.807, 2.05) is 13.8 Å². The van der Waals surface area contributed by atoms with E-state index in [0.29, 0.717) is 0 Å². The first-order valence-corrected chi connectivity index (χ1v) is 7.32. The second-order valence-corrected chi connectivity index (χ2v) is 6.15. The van der Waals surface area contributed by atoms with Gasteiger partial charge in [-0.2, -0.15) is 0 Å². The van der Waals surface area contributed by atoms with Crippen molar-refractivity contribution in [3.63, 3.8) is 0 Å². The van der Waals surface area contributed by atoms with Crippen molar-refractivity contribution in [3.05, 3.63) is 17.9 Å². The third-order valence-electron chi connectivity index (χ3n) is 2.40. The lowest BCUT2D eigenvalue weighted by Crippen LogP contribution is -2.41. The van der Waals surface area contributed by atoms with Crippen molar-refractivity contribution in [2.45, 2.75) is 31.4 Å². The van der Waals surface area contributed by atoms with E-state index in [1.54, 1.807) is 0 Å². The number of nitrogens with one attached hydrogen (secondary N) is 1. The van der Waals surface area contributed by atoms with Crippen molar-refractivity contribution >= 4 is 21.9 Å². The number of hydrogen-bond donors (Lipinski definition) is 3. The van der Waals surface area contributed by atoms with Gasteiger partial charge in [0.15, 0.2) is 5.76 Å². The Labute approximate surface area is 116 Å². The van der Waals surface area contributed by atoms with Gasteiger partial charge in [0.2, 0.25) is 5.09 Å². The van der Waals surface area contributed by atoms with Crippen molar-refractivity contribution < 1.29 is 27.5 Å². The third kappa shape index (κ3) is 4.35. The quantitative estimate of drug-likeness (QED) is 0.683. The molecule has 0 bridgehead atoms. The van der Waals surface area contributed by atoms with E-state index in [-0.39, 0.29) is 18.1 Å². The maximum atomic E-state index is 11.8. The van der Waals surface area contributed by atoms with Crippen molar-refractivity contribution in [1.82, 2.24) is 5.32 Å². The molecule has 0 radical (unpaired) electrons. The number of carboxylic acids is 1. The van der Waals surface area contributed by atoms with Gasteiger partial charge in [-0.1, -0.05) is 13.8 Å². The number of aliphatic carboxylic acids is 1. The molecule has 9 heteroatoms. The summed E-state index contributed by atoms with van der Waals surface area (Å²) in [7, 11) is -4.04. The Hall–Kier alpha value is -1.87. The molecule has 20 heavy (non-hydrogen) atoms. The van der Waals surface area contributed by atoms with Gasteiger partial charge in [0, 0.05) is 0 Å². The molecule has 1 unspecified atom stereocenters. The molecule has 0 spiro atoms. The summed E-state index contributed by atoms with van der Waals surface area (Å²) in [6.07, 6.45) is 0.240. The van der Waals surface area contributed by atoms with Gasteiger partial charge in [0.05, 0.1) is 0 Å². The van der Waals surface area contributed by atoms with Gasteiger partial charge in [0.1, 0.15) is 6.04 Å². The number of hydrogen-bond acceptors (Lipinski definition) is 5. The Morgan fingerprint density at radius 1 is 1.40 bits per heavy atom. The highest BCUT2D eigenvalue weighted by Gasteiger charge is 2.24. The zero-order valence-electron chi connectivity index (χ0n) is 11.0. The average Bonchev–Trinajstić information content (AvgIpc) is 2.75. The van der Waals surface area contributed by atoms with Gasteiger partial charge in [-0.3, -0.25) is 4.79 Å². The first kappa shape index (κ1) is 16.2. The minimum Gasteiger partial charge on any atom is -0.480 e. The van der Waals surface area contributed by atoms with Crippen LogP contribution in [0.15, 0.2) is 21.6 Å². The summed E-state index contributed by atoms with van der Waals surface area (Å²) in [4.78, 5) is 22.8. The number of rotatable bonds is 6. The first-order chi connectivity index (χ1) is 9.11. The number of nitrogens with two attached hydrogens (primary N) is 1. The molecule has 0 saturated carbocycles. The highest BCUT2D eigenvalue weighted by molar-refractivity contribution is 7.89. The van der Waals surface area contributed by atoms with Crippen LogP contribution in [0.4, 0.5) is 0 Å². The Kier molecular flexibility index (Phi) is 4.90. The molecule has 1 aromatic rings. The standard InChI is InChI=1S/C11H16N2O6S/c1-6(2)5-7(11(15)16)13-10(14)8-3-4-9(19-8)20(12,17)18/h3-4,6-7H,5H2,1-2H3,(H,13,14)(H,15,16)(H2,12,17,18). The van der Waals surface area contributed by atoms with Crippen LogP contribution in [0, 0.1) is 5.92 Å². The predicted molar refractivity (Wildman–Crippen MR) is 68.4 cm³/mol. The second kappa shape index (κ2) is 6.06. The second-order valence-electron chi connectivity index (χ2n) is 4.66. The van der Waals surface area contributed by atoms with Crippen molar-refractivity contribution in [2.24, 2.45) is 11.1 Å². The number of sulfonamides is 1. The molecule has 4 N–H and O–H groups in total. The molecule has 1 aromatic heterocycles. The Bertz CT molecular complexity index is 604. The average molecular weight is 304 g/mol. The van der Waals surface area contributed by atoms with Gasteiger partial charge in [-0.05, 0) is 24.5 Å². The molecule has 0 aliphatic rings. The Morgan fingerprint density at radius 2 is 2.00 bits per heavy atom. The molecule has 1 atom stereocenters. The van der Waals surface area contributed by atoms with E-state index < -0.39 is 33.0 Å². The van der Waals surface area contributed by atoms with Crippen molar-refractivity contribution in [3.8, 4) is 0 Å². The van der Waals surface area contributed by atoms with Crippen LogP contribution in [0.3, 0.4) is 0 Å². The Balaban J connectivity index is 2.84. The summed E-state index contributed by atoms with van der Waals surface area (Å²) in [5, 5.41) is 15.5. The van der Waals surface area contributed by atoms with Gasteiger partial charge in [0.25, 0.3) is 15.9 Å². The normalized spacial score (nSPS) is 13.2. The lowest BCUT2D eigenvalue weighted by molar-refractivity contribution is -0.139.